The number of thioether (sulfide) groups is 1. The fourth-order valence-corrected chi connectivity index (χ4v) is 3.77. The predicted octanol–water partition coefficient (Wildman–Crippen LogP) is 2.80. The Hall–Kier alpha value is -1.50. The Morgan fingerprint density at radius 2 is 2.17 bits per heavy atom. The molecule has 1 aromatic carbocycles. The van der Waals surface area contributed by atoms with Crippen molar-refractivity contribution in [1.82, 2.24) is 10.2 Å². The summed E-state index contributed by atoms with van der Waals surface area (Å²) in [6, 6.07) is 6.22. The zero-order valence-corrected chi connectivity index (χ0v) is 14.6. The summed E-state index contributed by atoms with van der Waals surface area (Å²) < 4.78 is 0. The maximum Gasteiger partial charge on any atom is 0.290 e. The van der Waals surface area contributed by atoms with E-state index in [9.17, 15) is 9.59 Å². The first-order chi connectivity index (χ1) is 11.0. The maximum atomic E-state index is 11.8. The Balaban J connectivity index is 1.94. The second-order valence-electron chi connectivity index (χ2n) is 5.88. The number of imide groups is 1. The summed E-state index contributed by atoms with van der Waals surface area (Å²) in [4.78, 5) is 28.0. The van der Waals surface area contributed by atoms with Crippen molar-refractivity contribution in [3.63, 3.8) is 0 Å². The molecule has 2 aliphatic heterocycles. The summed E-state index contributed by atoms with van der Waals surface area (Å²) in [6.07, 6.45) is 2.80. The zero-order chi connectivity index (χ0) is 16.6. The van der Waals surface area contributed by atoms with Crippen LogP contribution in [0.5, 0.6) is 0 Å². The van der Waals surface area contributed by atoms with Crippen LogP contribution in [0.1, 0.15) is 12.0 Å². The molecule has 2 saturated heterocycles. The van der Waals surface area contributed by atoms with Gasteiger partial charge in [0.25, 0.3) is 11.1 Å². The summed E-state index contributed by atoms with van der Waals surface area (Å²) >= 11 is 7.27. The Bertz CT molecular complexity index is 690. The van der Waals surface area contributed by atoms with Gasteiger partial charge >= 0.3 is 0 Å². The standard InChI is InChI=1S/C16H18ClN3O2S/c1-19(2)10-6-7-20(9-10)13-5-3-4-12(17)11(13)8-14-15(21)18-16(22)23-14/h3-5,8,10H,6-7,9H2,1-2H3,(H,18,21,22)/t10-/m0/s1. The molecule has 0 bridgehead atoms. The Kier molecular flexibility index (Phi) is 4.66. The number of nitrogens with one attached hydrogen (secondary N) is 1. The van der Waals surface area contributed by atoms with E-state index in [1.807, 2.05) is 12.1 Å². The molecular formula is C16H18ClN3O2S. The number of hydrogen-bond acceptors (Lipinski definition) is 5. The first-order valence-corrected chi connectivity index (χ1v) is 8.60. The third-order valence-corrected chi connectivity index (χ3v) is 5.32. The second-order valence-corrected chi connectivity index (χ2v) is 7.30. The quantitative estimate of drug-likeness (QED) is 0.849. The molecule has 2 fully saturated rings. The van der Waals surface area contributed by atoms with Crippen molar-refractivity contribution in [2.75, 3.05) is 32.1 Å². The van der Waals surface area contributed by atoms with Gasteiger partial charge in [-0.2, -0.15) is 0 Å². The van der Waals surface area contributed by atoms with Gasteiger partial charge in [0, 0.05) is 35.4 Å². The monoisotopic (exact) mass is 351 g/mol. The molecule has 23 heavy (non-hydrogen) atoms. The highest BCUT2D eigenvalue weighted by molar-refractivity contribution is 8.18. The molecule has 5 nitrogen and oxygen atoms in total. The minimum Gasteiger partial charge on any atom is -0.369 e. The molecule has 0 aliphatic carbocycles. The van der Waals surface area contributed by atoms with E-state index in [1.54, 1.807) is 12.1 Å². The number of nitrogens with zero attached hydrogens (tertiary/aromatic N) is 2. The lowest BCUT2D eigenvalue weighted by Crippen LogP contribution is -2.31. The third-order valence-electron chi connectivity index (χ3n) is 4.18. The van der Waals surface area contributed by atoms with Crippen LogP contribution in [0.2, 0.25) is 5.02 Å². The van der Waals surface area contributed by atoms with Gasteiger partial charge in [-0.3, -0.25) is 14.9 Å². The summed E-state index contributed by atoms with van der Waals surface area (Å²) in [7, 11) is 4.17. The van der Waals surface area contributed by atoms with E-state index in [2.05, 4.69) is 29.2 Å². The fraction of sp³-hybridized carbons (Fsp3) is 0.375. The highest BCUT2D eigenvalue weighted by Crippen LogP contribution is 2.35. The van der Waals surface area contributed by atoms with Crippen LogP contribution in [0.25, 0.3) is 6.08 Å². The molecule has 0 unspecified atom stereocenters. The topological polar surface area (TPSA) is 52.6 Å². The van der Waals surface area contributed by atoms with Crippen molar-refractivity contribution < 1.29 is 9.59 Å². The van der Waals surface area contributed by atoms with E-state index in [0.717, 1.165) is 42.5 Å². The van der Waals surface area contributed by atoms with E-state index in [0.29, 0.717) is 16.0 Å². The molecule has 0 spiro atoms. The van der Waals surface area contributed by atoms with Crippen molar-refractivity contribution in [3.05, 3.63) is 33.7 Å². The van der Waals surface area contributed by atoms with Crippen molar-refractivity contribution in [1.29, 1.82) is 0 Å². The van der Waals surface area contributed by atoms with Crippen LogP contribution in [-0.4, -0.2) is 49.3 Å². The fourth-order valence-electron chi connectivity index (χ4n) is 2.88. The number of benzene rings is 1. The van der Waals surface area contributed by atoms with Crippen molar-refractivity contribution in [3.8, 4) is 0 Å². The van der Waals surface area contributed by atoms with Crippen LogP contribution < -0.4 is 10.2 Å². The lowest BCUT2D eigenvalue weighted by Gasteiger charge is -2.24. The van der Waals surface area contributed by atoms with Crippen LogP contribution in [0.15, 0.2) is 23.1 Å². The van der Waals surface area contributed by atoms with Gasteiger partial charge in [0.2, 0.25) is 0 Å². The summed E-state index contributed by atoms with van der Waals surface area (Å²) in [6.45, 7) is 1.86. The van der Waals surface area contributed by atoms with Gasteiger partial charge in [0.1, 0.15) is 0 Å². The zero-order valence-electron chi connectivity index (χ0n) is 13.0. The average molecular weight is 352 g/mol. The number of hydrogen-bond donors (Lipinski definition) is 1. The van der Waals surface area contributed by atoms with Gasteiger partial charge in [-0.1, -0.05) is 17.7 Å². The van der Waals surface area contributed by atoms with Crippen LogP contribution >= 0.6 is 23.4 Å². The highest BCUT2D eigenvalue weighted by Gasteiger charge is 2.28. The molecule has 2 aliphatic rings. The SMILES string of the molecule is CN(C)[C@H]1CCN(c2cccc(Cl)c2C=C2SC(=O)NC2=O)C1. The predicted molar refractivity (Wildman–Crippen MR) is 94.9 cm³/mol. The number of carbonyl (C=O) groups excluding carboxylic acids is 2. The Labute approximate surface area is 144 Å². The van der Waals surface area contributed by atoms with Gasteiger partial charge in [0.05, 0.1) is 4.91 Å². The molecule has 1 atom stereocenters. The average Bonchev–Trinajstić information content (AvgIpc) is 3.08. The van der Waals surface area contributed by atoms with Crippen molar-refractivity contribution in [2.24, 2.45) is 0 Å². The Morgan fingerprint density at radius 1 is 1.39 bits per heavy atom. The molecule has 7 heteroatoms. The number of halogens is 1. The lowest BCUT2D eigenvalue weighted by atomic mass is 10.1. The molecule has 0 radical (unpaired) electrons. The molecule has 0 aromatic heterocycles. The van der Waals surface area contributed by atoms with E-state index < -0.39 is 0 Å². The first-order valence-electron chi connectivity index (χ1n) is 7.40. The number of rotatable bonds is 3. The molecule has 3 rings (SSSR count). The minimum atomic E-state index is -0.363. The van der Waals surface area contributed by atoms with E-state index in [4.69, 9.17) is 11.6 Å². The van der Waals surface area contributed by atoms with Crippen molar-refractivity contribution in [2.45, 2.75) is 12.5 Å². The highest BCUT2D eigenvalue weighted by atomic mass is 35.5. The van der Waals surface area contributed by atoms with Gasteiger partial charge in [-0.05, 0) is 50.5 Å². The van der Waals surface area contributed by atoms with Crippen LogP contribution in [0.3, 0.4) is 0 Å². The van der Waals surface area contributed by atoms with Crippen LogP contribution in [0, 0.1) is 0 Å². The minimum absolute atomic E-state index is 0.344. The molecular weight excluding hydrogens is 334 g/mol. The molecule has 1 N–H and O–H groups in total. The molecule has 2 heterocycles. The summed E-state index contributed by atoms with van der Waals surface area (Å²) in [5.74, 6) is -0.363. The number of carbonyl (C=O) groups is 2. The maximum absolute atomic E-state index is 11.8. The smallest absolute Gasteiger partial charge is 0.290 e. The Morgan fingerprint density at radius 3 is 2.78 bits per heavy atom. The number of amides is 2. The van der Waals surface area contributed by atoms with Crippen molar-refractivity contribution >= 4 is 46.3 Å². The summed E-state index contributed by atoms with van der Waals surface area (Å²) in [5, 5.41) is 2.51. The first kappa shape index (κ1) is 16.4. The lowest BCUT2D eigenvalue weighted by molar-refractivity contribution is -0.115. The van der Waals surface area contributed by atoms with E-state index >= 15 is 0 Å². The molecule has 2 amide bonds. The summed E-state index contributed by atoms with van der Waals surface area (Å²) in [5.41, 5.74) is 1.79. The van der Waals surface area contributed by atoms with E-state index in [1.165, 1.54) is 0 Å². The van der Waals surface area contributed by atoms with Gasteiger partial charge in [-0.25, -0.2) is 0 Å². The van der Waals surface area contributed by atoms with Gasteiger partial charge < -0.3 is 9.80 Å². The normalized spacial score (nSPS) is 23.2. The largest absolute Gasteiger partial charge is 0.369 e. The number of anilines is 1. The molecule has 1 aromatic rings. The van der Waals surface area contributed by atoms with Gasteiger partial charge in [0.15, 0.2) is 0 Å². The van der Waals surface area contributed by atoms with Gasteiger partial charge in [-0.15, -0.1) is 0 Å². The van der Waals surface area contributed by atoms with Crippen LogP contribution in [0.4, 0.5) is 10.5 Å². The third kappa shape index (κ3) is 3.39. The van der Waals surface area contributed by atoms with E-state index in [-0.39, 0.29) is 11.1 Å². The van der Waals surface area contributed by atoms with Crippen LogP contribution in [-0.2, 0) is 4.79 Å². The molecule has 0 saturated carbocycles. The second kappa shape index (κ2) is 6.55. The number of likely N-dealkylation sites (N-methyl/N-ethyl adjacent to an activating group) is 1. The molecule has 122 valence electrons.